The lowest BCUT2D eigenvalue weighted by Crippen LogP contribution is -2.39. The summed E-state index contributed by atoms with van der Waals surface area (Å²) >= 11 is 0. The van der Waals surface area contributed by atoms with Gasteiger partial charge in [0.25, 0.3) is 11.4 Å². The molecule has 1 aromatic rings. The van der Waals surface area contributed by atoms with Crippen LogP contribution in [0.3, 0.4) is 0 Å². The first-order chi connectivity index (χ1) is 10.9. The Bertz CT molecular complexity index is 633. The Morgan fingerprint density at radius 1 is 1.35 bits per heavy atom. The number of anilines is 1. The summed E-state index contributed by atoms with van der Waals surface area (Å²) in [5.41, 5.74) is -0.377. The highest BCUT2D eigenvalue weighted by Crippen LogP contribution is 2.34. The molecule has 1 saturated heterocycles. The molecule has 0 amide bonds. The number of nitro benzene ring substituents is 2. The number of non-ortho nitro benzene ring substituents is 1. The summed E-state index contributed by atoms with van der Waals surface area (Å²) in [6.07, 6.45) is 1.35. The van der Waals surface area contributed by atoms with Gasteiger partial charge in [-0.25, -0.2) is 0 Å². The Morgan fingerprint density at radius 2 is 2.09 bits per heavy atom. The third-order valence-corrected chi connectivity index (χ3v) is 3.75. The molecule has 0 aliphatic carbocycles. The van der Waals surface area contributed by atoms with E-state index in [0.29, 0.717) is 25.9 Å². The molecule has 23 heavy (non-hydrogen) atoms. The van der Waals surface area contributed by atoms with E-state index in [0.717, 1.165) is 6.07 Å². The van der Waals surface area contributed by atoms with Gasteiger partial charge in [-0.1, -0.05) is 0 Å². The van der Waals surface area contributed by atoms with E-state index in [4.69, 9.17) is 4.74 Å². The van der Waals surface area contributed by atoms with Crippen LogP contribution in [0.15, 0.2) is 18.2 Å². The van der Waals surface area contributed by atoms with Gasteiger partial charge in [0.15, 0.2) is 0 Å². The van der Waals surface area contributed by atoms with Gasteiger partial charge in [-0.15, -0.1) is 0 Å². The van der Waals surface area contributed by atoms with Crippen LogP contribution >= 0.6 is 0 Å². The third kappa shape index (κ3) is 3.74. The van der Waals surface area contributed by atoms with E-state index in [1.54, 1.807) is 11.8 Å². The maximum Gasteiger partial charge on any atom is 0.310 e. The molecule has 1 heterocycles. The molecule has 0 saturated carbocycles. The predicted molar refractivity (Wildman–Crippen MR) is 81.3 cm³/mol. The van der Waals surface area contributed by atoms with Crippen LogP contribution < -0.4 is 4.90 Å². The molecule has 9 heteroatoms. The number of esters is 1. The first-order valence-corrected chi connectivity index (χ1v) is 7.28. The molecule has 0 bridgehead atoms. The van der Waals surface area contributed by atoms with Crippen molar-refractivity contribution in [1.82, 2.24) is 0 Å². The number of hydrogen-bond acceptors (Lipinski definition) is 7. The van der Waals surface area contributed by atoms with E-state index in [-0.39, 0.29) is 35.6 Å². The molecule has 124 valence electrons. The fourth-order valence-corrected chi connectivity index (χ4v) is 2.69. The zero-order chi connectivity index (χ0) is 17.0. The SMILES string of the molecule is CCOC(=O)[C@H]1CCCN(c2ccc([N+](=O)[O-])cc2[N+](=O)[O-])C1. The minimum atomic E-state index is -0.672. The Morgan fingerprint density at radius 3 is 2.70 bits per heavy atom. The maximum atomic E-state index is 11.9. The summed E-state index contributed by atoms with van der Waals surface area (Å²) in [6.45, 7) is 2.86. The number of piperidine rings is 1. The van der Waals surface area contributed by atoms with Gasteiger partial charge < -0.3 is 9.64 Å². The smallest absolute Gasteiger partial charge is 0.310 e. The fraction of sp³-hybridized carbons (Fsp3) is 0.500. The van der Waals surface area contributed by atoms with Gasteiger partial charge >= 0.3 is 5.97 Å². The third-order valence-electron chi connectivity index (χ3n) is 3.75. The summed E-state index contributed by atoms with van der Waals surface area (Å²) in [7, 11) is 0. The Kier molecular flexibility index (Phi) is 5.09. The Labute approximate surface area is 132 Å². The van der Waals surface area contributed by atoms with Crippen molar-refractivity contribution in [1.29, 1.82) is 0 Å². The number of rotatable bonds is 5. The van der Waals surface area contributed by atoms with Crippen LogP contribution in [0.4, 0.5) is 17.1 Å². The molecule has 0 unspecified atom stereocenters. The van der Waals surface area contributed by atoms with Crippen molar-refractivity contribution in [2.75, 3.05) is 24.6 Å². The Balaban J connectivity index is 2.28. The summed E-state index contributed by atoms with van der Waals surface area (Å²) in [6, 6.07) is 3.55. The van der Waals surface area contributed by atoms with Crippen LogP contribution in [0.25, 0.3) is 0 Å². The molecular formula is C14H17N3O6. The lowest BCUT2D eigenvalue weighted by molar-refractivity contribution is -0.393. The average molecular weight is 323 g/mol. The van der Waals surface area contributed by atoms with Crippen molar-refractivity contribution in [2.45, 2.75) is 19.8 Å². The summed E-state index contributed by atoms with van der Waals surface area (Å²) < 4.78 is 5.01. The highest BCUT2D eigenvalue weighted by atomic mass is 16.6. The zero-order valence-electron chi connectivity index (χ0n) is 12.6. The second kappa shape index (κ2) is 7.03. The van der Waals surface area contributed by atoms with E-state index in [2.05, 4.69) is 0 Å². The van der Waals surface area contributed by atoms with Crippen LogP contribution in [-0.2, 0) is 9.53 Å². The standard InChI is InChI=1S/C14H17N3O6/c1-2-23-14(18)10-4-3-7-15(9-10)12-6-5-11(16(19)20)8-13(12)17(21)22/h5-6,8,10H,2-4,7,9H2,1H3/t10-/m0/s1. The summed E-state index contributed by atoms with van der Waals surface area (Å²) in [5.74, 6) is -0.666. The van der Waals surface area contributed by atoms with Crippen molar-refractivity contribution in [3.63, 3.8) is 0 Å². The highest BCUT2D eigenvalue weighted by Gasteiger charge is 2.31. The van der Waals surface area contributed by atoms with Crippen LogP contribution in [0.5, 0.6) is 0 Å². The monoisotopic (exact) mass is 323 g/mol. The second-order valence-electron chi connectivity index (χ2n) is 5.22. The minimum Gasteiger partial charge on any atom is -0.466 e. The van der Waals surface area contributed by atoms with Gasteiger partial charge in [0.1, 0.15) is 5.69 Å². The van der Waals surface area contributed by atoms with E-state index in [9.17, 15) is 25.0 Å². The molecule has 2 rings (SSSR count). The van der Waals surface area contributed by atoms with Crippen molar-refractivity contribution in [3.05, 3.63) is 38.4 Å². The molecule has 1 atom stereocenters. The number of nitro groups is 2. The lowest BCUT2D eigenvalue weighted by Gasteiger charge is -2.32. The largest absolute Gasteiger partial charge is 0.466 e. The van der Waals surface area contributed by atoms with Gasteiger partial charge in [-0.2, -0.15) is 0 Å². The maximum absolute atomic E-state index is 11.9. The van der Waals surface area contributed by atoms with Gasteiger partial charge in [-0.05, 0) is 25.8 Å². The summed E-state index contributed by atoms with van der Waals surface area (Å²) in [5, 5.41) is 22.0. The number of carbonyl (C=O) groups is 1. The van der Waals surface area contributed by atoms with Crippen molar-refractivity contribution >= 4 is 23.0 Å². The number of carbonyl (C=O) groups excluding carboxylic acids is 1. The first kappa shape index (κ1) is 16.7. The van der Waals surface area contributed by atoms with Crippen molar-refractivity contribution in [2.24, 2.45) is 5.92 Å². The van der Waals surface area contributed by atoms with E-state index in [1.807, 2.05) is 0 Å². The first-order valence-electron chi connectivity index (χ1n) is 7.28. The topological polar surface area (TPSA) is 116 Å². The predicted octanol–water partition coefficient (Wildman–Crippen LogP) is 2.28. The fourth-order valence-electron chi connectivity index (χ4n) is 2.69. The molecule has 0 N–H and O–H groups in total. The quantitative estimate of drug-likeness (QED) is 0.463. The van der Waals surface area contributed by atoms with Crippen LogP contribution in [-0.4, -0.2) is 35.5 Å². The molecule has 1 aromatic carbocycles. The molecular weight excluding hydrogens is 306 g/mol. The molecule has 1 aliphatic heterocycles. The average Bonchev–Trinajstić information content (AvgIpc) is 2.54. The number of hydrogen-bond donors (Lipinski definition) is 0. The molecule has 0 spiro atoms. The van der Waals surface area contributed by atoms with E-state index < -0.39 is 9.85 Å². The summed E-state index contributed by atoms with van der Waals surface area (Å²) in [4.78, 5) is 34.3. The minimum absolute atomic E-state index is 0.285. The molecule has 0 radical (unpaired) electrons. The normalized spacial score (nSPS) is 17.6. The van der Waals surface area contributed by atoms with Gasteiger partial charge in [0.2, 0.25) is 0 Å². The van der Waals surface area contributed by atoms with Gasteiger partial charge in [0.05, 0.1) is 28.4 Å². The Hall–Kier alpha value is -2.71. The zero-order valence-corrected chi connectivity index (χ0v) is 12.6. The lowest BCUT2D eigenvalue weighted by atomic mass is 9.97. The van der Waals surface area contributed by atoms with Crippen LogP contribution in [0.2, 0.25) is 0 Å². The number of ether oxygens (including phenoxy) is 1. The molecule has 1 fully saturated rings. The van der Waals surface area contributed by atoms with E-state index >= 15 is 0 Å². The van der Waals surface area contributed by atoms with Crippen molar-refractivity contribution < 1.29 is 19.4 Å². The molecule has 9 nitrogen and oxygen atoms in total. The van der Waals surface area contributed by atoms with Crippen LogP contribution in [0, 0.1) is 26.1 Å². The molecule has 0 aromatic heterocycles. The second-order valence-corrected chi connectivity index (χ2v) is 5.22. The van der Waals surface area contributed by atoms with E-state index in [1.165, 1.54) is 12.1 Å². The van der Waals surface area contributed by atoms with Crippen LogP contribution in [0.1, 0.15) is 19.8 Å². The van der Waals surface area contributed by atoms with Crippen molar-refractivity contribution in [3.8, 4) is 0 Å². The number of nitrogens with zero attached hydrogens (tertiary/aromatic N) is 3. The molecule has 1 aliphatic rings. The van der Waals surface area contributed by atoms with Gasteiger partial charge in [-0.3, -0.25) is 25.0 Å². The van der Waals surface area contributed by atoms with Gasteiger partial charge in [0, 0.05) is 19.2 Å². The highest BCUT2D eigenvalue weighted by molar-refractivity contribution is 5.75. The number of benzene rings is 1.